The highest BCUT2D eigenvalue weighted by Gasteiger charge is 2.13. The van der Waals surface area contributed by atoms with Gasteiger partial charge in [-0.3, -0.25) is 0 Å². The third kappa shape index (κ3) is 2.82. The van der Waals surface area contributed by atoms with Gasteiger partial charge in [0.25, 0.3) is 0 Å². The van der Waals surface area contributed by atoms with Crippen molar-refractivity contribution in [2.75, 3.05) is 0 Å². The van der Waals surface area contributed by atoms with Gasteiger partial charge < -0.3 is 15.1 Å². The normalized spacial score (nSPS) is 9.80. The number of hydrogen-bond donors (Lipinski definition) is 2. The van der Waals surface area contributed by atoms with Crippen molar-refractivity contribution in [3.05, 3.63) is 58.0 Å². The van der Waals surface area contributed by atoms with Gasteiger partial charge in [0.15, 0.2) is 0 Å². The van der Waals surface area contributed by atoms with E-state index in [2.05, 4.69) is 10.0 Å². The zero-order chi connectivity index (χ0) is 14.5. The molecule has 0 saturated carbocycles. The topological polar surface area (TPSA) is 120 Å². The van der Waals surface area contributed by atoms with Gasteiger partial charge in [-0.05, 0) is 23.2 Å². The average molecular weight is 274 g/mol. The van der Waals surface area contributed by atoms with E-state index >= 15 is 0 Å². The summed E-state index contributed by atoms with van der Waals surface area (Å²) in [5.41, 5.74) is 9.17. The summed E-state index contributed by atoms with van der Waals surface area (Å²) < 4.78 is 0.607. The first-order valence-electron chi connectivity index (χ1n) is 5.54. The second-order valence-corrected chi connectivity index (χ2v) is 3.81. The van der Waals surface area contributed by atoms with Crippen LogP contribution in [0.25, 0.3) is 10.4 Å². The molecule has 0 amide bonds. The van der Waals surface area contributed by atoms with Crippen LogP contribution in [0.5, 0.6) is 11.8 Å². The number of benzene rings is 1. The van der Waals surface area contributed by atoms with E-state index in [1.54, 1.807) is 12.1 Å². The van der Waals surface area contributed by atoms with E-state index in [9.17, 15) is 15.0 Å². The summed E-state index contributed by atoms with van der Waals surface area (Å²) in [6, 6.07) is 8.57. The molecule has 0 radical (unpaired) electrons. The molecule has 20 heavy (non-hydrogen) atoms. The number of aromatic nitrogens is 1. The lowest BCUT2D eigenvalue weighted by molar-refractivity contribution is 0.0381. The lowest BCUT2D eigenvalue weighted by Crippen LogP contribution is -2.19. The Morgan fingerprint density at radius 1 is 1.20 bits per heavy atom. The lowest BCUT2D eigenvalue weighted by atomic mass is 10.1. The van der Waals surface area contributed by atoms with Crippen LogP contribution in [-0.4, -0.2) is 20.9 Å². The molecule has 102 valence electrons. The van der Waals surface area contributed by atoms with E-state index in [1.807, 2.05) is 0 Å². The first kappa shape index (κ1) is 13.3. The fraction of sp³-hybridized carbons (Fsp3) is 0.0833. The zero-order valence-electron chi connectivity index (χ0n) is 10.2. The third-order valence-corrected chi connectivity index (χ3v) is 2.48. The van der Waals surface area contributed by atoms with E-state index in [0.29, 0.717) is 4.73 Å². The number of carbonyl (C=O) groups excluding carboxylic acids is 1. The van der Waals surface area contributed by atoms with Crippen LogP contribution >= 0.6 is 0 Å². The molecule has 1 heterocycles. The van der Waals surface area contributed by atoms with E-state index in [0.717, 1.165) is 5.56 Å². The summed E-state index contributed by atoms with van der Waals surface area (Å²) in [5, 5.41) is 22.1. The second-order valence-electron chi connectivity index (χ2n) is 3.81. The van der Waals surface area contributed by atoms with Crippen LogP contribution in [0.4, 0.5) is 0 Å². The number of aromatic hydroxyl groups is 2. The van der Waals surface area contributed by atoms with Crippen molar-refractivity contribution in [1.29, 1.82) is 0 Å². The maximum atomic E-state index is 11.8. The molecule has 0 atom stereocenters. The number of azide groups is 1. The van der Waals surface area contributed by atoms with Crippen molar-refractivity contribution in [3.8, 4) is 11.8 Å². The molecule has 2 N–H and O–H groups in total. The van der Waals surface area contributed by atoms with Crippen LogP contribution in [0.3, 0.4) is 0 Å². The molecule has 0 bridgehead atoms. The smallest absolute Gasteiger partial charge is 0.363 e. The van der Waals surface area contributed by atoms with Crippen LogP contribution in [0.15, 0.2) is 41.5 Å². The summed E-state index contributed by atoms with van der Waals surface area (Å²) in [5.74, 6) is -1.53. The van der Waals surface area contributed by atoms with Crippen molar-refractivity contribution < 1.29 is 19.8 Å². The van der Waals surface area contributed by atoms with E-state index < -0.39 is 17.7 Å². The predicted molar refractivity (Wildman–Crippen MR) is 68.0 cm³/mol. The number of nitrogens with zero attached hydrogens (tertiary/aromatic N) is 4. The van der Waals surface area contributed by atoms with Crippen molar-refractivity contribution in [3.63, 3.8) is 0 Å². The fourth-order valence-electron chi connectivity index (χ4n) is 1.49. The highest BCUT2D eigenvalue weighted by molar-refractivity contribution is 5.89. The largest absolute Gasteiger partial charge is 0.492 e. The molecule has 8 nitrogen and oxygen atoms in total. The number of carbonyl (C=O) groups is 1. The van der Waals surface area contributed by atoms with E-state index in [4.69, 9.17) is 10.4 Å². The minimum atomic E-state index is -0.748. The van der Waals surface area contributed by atoms with Gasteiger partial charge in [0.05, 0.1) is 12.1 Å². The highest BCUT2D eigenvalue weighted by atomic mass is 16.7. The van der Waals surface area contributed by atoms with Gasteiger partial charge in [-0.25, -0.2) is 4.79 Å². The van der Waals surface area contributed by atoms with Crippen LogP contribution in [0.2, 0.25) is 0 Å². The fourth-order valence-corrected chi connectivity index (χ4v) is 1.49. The molecule has 0 unspecified atom stereocenters. The minimum Gasteiger partial charge on any atom is -0.492 e. The van der Waals surface area contributed by atoms with E-state index in [-0.39, 0.29) is 12.1 Å². The Bertz CT molecular complexity index is 652. The average Bonchev–Trinajstić information content (AvgIpc) is 2.77. The standard InChI is InChI=1S/C12H10N4O4/c13-15-14-7-8-1-3-9(4-2-8)12(19)20-16-10(17)5-6-11(16)18/h1-6,17-18H,7H2. The van der Waals surface area contributed by atoms with E-state index in [1.165, 1.54) is 24.3 Å². The summed E-state index contributed by atoms with van der Waals surface area (Å²) >= 11 is 0. The molecule has 0 spiro atoms. The van der Waals surface area contributed by atoms with Crippen molar-refractivity contribution in [2.45, 2.75) is 6.54 Å². The Balaban J connectivity index is 2.11. The molecule has 2 aromatic rings. The molecule has 0 aliphatic heterocycles. The Kier molecular flexibility index (Phi) is 3.78. The Morgan fingerprint density at radius 2 is 1.80 bits per heavy atom. The first-order chi connectivity index (χ1) is 9.61. The van der Waals surface area contributed by atoms with Crippen LogP contribution in [0.1, 0.15) is 15.9 Å². The van der Waals surface area contributed by atoms with Gasteiger partial charge in [0, 0.05) is 17.0 Å². The van der Waals surface area contributed by atoms with Crippen molar-refractivity contribution in [2.24, 2.45) is 5.11 Å². The highest BCUT2D eigenvalue weighted by Crippen LogP contribution is 2.19. The van der Waals surface area contributed by atoms with Crippen molar-refractivity contribution >= 4 is 5.97 Å². The minimum absolute atomic E-state index is 0.186. The van der Waals surface area contributed by atoms with Crippen LogP contribution < -0.4 is 4.84 Å². The summed E-state index contributed by atoms with van der Waals surface area (Å²) in [6.45, 7) is 0.186. The maximum absolute atomic E-state index is 11.8. The number of hydrogen-bond acceptors (Lipinski definition) is 5. The summed E-state index contributed by atoms with van der Waals surface area (Å²) in [6.07, 6.45) is 0. The lowest BCUT2D eigenvalue weighted by Gasteiger charge is -2.07. The molecule has 1 aromatic carbocycles. The Labute approximate surface area is 113 Å². The number of rotatable bonds is 4. The first-order valence-corrected chi connectivity index (χ1v) is 5.54. The van der Waals surface area contributed by atoms with Gasteiger partial charge in [-0.2, -0.15) is 0 Å². The summed E-state index contributed by atoms with van der Waals surface area (Å²) in [7, 11) is 0. The molecule has 1 aromatic heterocycles. The Morgan fingerprint density at radius 3 is 2.35 bits per heavy atom. The van der Waals surface area contributed by atoms with Crippen molar-refractivity contribution in [1.82, 2.24) is 4.73 Å². The van der Waals surface area contributed by atoms with Gasteiger partial charge in [0.2, 0.25) is 11.8 Å². The van der Waals surface area contributed by atoms with Gasteiger partial charge in [-0.1, -0.05) is 17.2 Å². The Hall–Kier alpha value is -3.12. The molecular formula is C12H10N4O4. The van der Waals surface area contributed by atoms with Crippen LogP contribution in [0, 0.1) is 0 Å². The third-order valence-electron chi connectivity index (χ3n) is 2.48. The second kappa shape index (κ2) is 5.68. The SMILES string of the molecule is [N-]=[N+]=NCc1ccc(C(=O)On2c(O)ccc2O)cc1. The quantitative estimate of drug-likeness (QED) is 0.503. The van der Waals surface area contributed by atoms with Gasteiger partial charge >= 0.3 is 5.97 Å². The molecule has 8 heteroatoms. The molecule has 2 rings (SSSR count). The van der Waals surface area contributed by atoms with Gasteiger partial charge in [0.1, 0.15) is 0 Å². The molecule has 0 aliphatic carbocycles. The van der Waals surface area contributed by atoms with Gasteiger partial charge in [-0.15, -0.1) is 4.73 Å². The zero-order valence-corrected chi connectivity index (χ0v) is 10.2. The monoisotopic (exact) mass is 274 g/mol. The molecule has 0 fully saturated rings. The molecular weight excluding hydrogens is 264 g/mol. The predicted octanol–water partition coefficient (Wildman–Crippen LogP) is 1.98. The van der Waals surface area contributed by atoms with Crippen LogP contribution in [-0.2, 0) is 6.54 Å². The maximum Gasteiger partial charge on any atom is 0.363 e. The molecule has 0 aliphatic rings. The summed E-state index contributed by atoms with van der Waals surface area (Å²) in [4.78, 5) is 19.2. The molecule has 0 saturated heterocycles.